The Morgan fingerprint density at radius 2 is 2.00 bits per heavy atom. The van der Waals surface area contributed by atoms with E-state index < -0.39 is 0 Å². The Labute approximate surface area is 148 Å². The van der Waals surface area contributed by atoms with Gasteiger partial charge in [-0.3, -0.25) is 5.43 Å². The van der Waals surface area contributed by atoms with Crippen LogP contribution in [0.5, 0.6) is 0 Å². The Bertz CT molecular complexity index is 544. The number of halogens is 1. The van der Waals surface area contributed by atoms with E-state index in [2.05, 4.69) is 15.8 Å². The van der Waals surface area contributed by atoms with E-state index in [9.17, 15) is 4.39 Å². The average Bonchev–Trinajstić information content (AvgIpc) is 2.61. The summed E-state index contributed by atoms with van der Waals surface area (Å²) >= 11 is 5.24. The first-order chi connectivity index (χ1) is 11.7. The van der Waals surface area contributed by atoms with E-state index in [0.29, 0.717) is 5.11 Å². The van der Waals surface area contributed by atoms with Gasteiger partial charge in [0, 0.05) is 13.0 Å². The molecular weight excluding hydrogens is 327 g/mol. The molecule has 2 rings (SSSR count). The third kappa shape index (κ3) is 6.51. The number of hydrogen-bond acceptors (Lipinski definition) is 3. The quantitative estimate of drug-likeness (QED) is 0.292. The Balaban J connectivity index is 1.69. The van der Waals surface area contributed by atoms with E-state index in [4.69, 9.17) is 17.0 Å². The van der Waals surface area contributed by atoms with Crippen LogP contribution >= 0.6 is 12.2 Å². The van der Waals surface area contributed by atoms with Crippen LogP contribution < -0.4 is 15.6 Å². The van der Waals surface area contributed by atoms with Gasteiger partial charge in [0.2, 0.25) is 0 Å². The van der Waals surface area contributed by atoms with Crippen LogP contribution in [0.2, 0.25) is 0 Å². The first-order valence-electron chi connectivity index (χ1n) is 8.46. The summed E-state index contributed by atoms with van der Waals surface area (Å²) in [5.74, 6) is -0.248. The lowest BCUT2D eigenvalue weighted by Gasteiger charge is -2.23. The van der Waals surface area contributed by atoms with Crippen molar-refractivity contribution >= 4 is 23.0 Å². The Morgan fingerprint density at radius 3 is 2.67 bits per heavy atom. The molecule has 0 bridgehead atoms. The number of morpholine rings is 1. The minimum Gasteiger partial charge on any atom is -0.370 e. The molecular formula is C17H26FN4OS+. The molecule has 5 nitrogen and oxygen atoms in total. The number of thiocarbonyl (C=S) groups is 1. The molecule has 1 heterocycles. The molecule has 1 aliphatic rings. The molecule has 3 N–H and O–H groups in total. The standard InChI is InChI=1S/C17H25FN4OS/c1-2-16(14-4-6-15(18)7-5-14)20-21-17(24)19-8-3-9-22-10-12-23-13-11-22/h4-7H,2-3,8-13H2,1H3,(H2,19,21,24)/p+1/b20-16-. The summed E-state index contributed by atoms with van der Waals surface area (Å²) < 4.78 is 18.3. The second kappa shape index (κ2) is 10.3. The van der Waals surface area contributed by atoms with E-state index in [-0.39, 0.29) is 5.82 Å². The second-order valence-corrected chi connectivity index (χ2v) is 6.16. The van der Waals surface area contributed by atoms with Gasteiger partial charge < -0.3 is 15.0 Å². The maximum atomic E-state index is 13.0. The van der Waals surface area contributed by atoms with Gasteiger partial charge in [0.1, 0.15) is 18.9 Å². The normalized spacial score (nSPS) is 16.0. The van der Waals surface area contributed by atoms with E-state index in [1.165, 1.54) is 12.1 Å². The van der Waals surface area contributed by atoms with Gasteiger partial charge in [-0.15, -0.1) is 0 Å². The van der Waals surface area contributed by atoms with Gasteiger partial charge in [0.05, 0.1) is 25.5 Å². The highest BCUT2D eigenvalue weighted by Crippen LogP contribution is 2.06. The SMILES string of the molecule is CC/C(=N/NC(=S)NCCC[NH+]1CCOCC1)c1ccc(F)cc1. The van der Waals surface area contributed by atoms with Gasteiger partial charge in [-0.05, 0) is 36.3 Å². The lowest BCUT2D eigenvalue weighted by Crippen LogP contribution is -3.14. The highest BCUT2D eigenvalue weighted by atomic mass is 32.1. The zero-order valence-electron chi connectivity index (χ0n) is 14.1. The third-order valence-electron chi connectivity index (χ3n) is 4.00. The topological polar surface area (TPSA) is 50.1 Å². The molecule has 1 aliphatic heterocycles. The van der Waals surface area contributed by atoms with Crippen LogP contribution in [-0.2, 0) is 4.74 Å². The zero-order valence-corrected chi connectivity index (χ0v) is 14.9. The summed E-state index contributed by atoms with van der Waals surface area (Å²) in [5.41, 5.74) is 4.61. The molecule has 0 saturated carbocycles. The van der Waals surface area contributed by atoms with E-state index >= 15 is 0 Å². The van der Waals surface area contributed by atoms with E-state index in [1.807, 2.05) is 6.92 Å². The summed E-state index contributed by atoms with van der Waals surface area (Å²) in [6, 6.07) is 6.32. The lowest BCUT2D eigenvalue weighted by molar-refractivity contribution is -0.908. The number of benzene rings is 1. The average molecular weight is 353 g/mol. The van der Waals surface area contributed by atoms with Gasteiger partial charge >= 0.3 is 0 Å². The highest BCUT2D eigenvalue weighted by Gasteiger charge is 2.12. The number of hydrogen-bond donors (Lipinski definition) is 3. The number of nitrogens with one attached hydrogen (secondary N) is 3. The number of ether oxygens (including phenoxy) is 1. The molecule has 0 aromatic heterocycles. The maximum Gasteiger partial charge on any atom is 0.186 e. The van der Waals surface area contributed by atoms with Crippen molar-refractivity contribution in [2.24, 2.45) is 5.10 Å². The molecule has 0 atom stereocenters. The Hall–Kier alpha value is -1.57. The number of hydrazone groups is 1. The predicted octanol–water partition coefficient (Wildman–Crippen LogP) is 0.709. The Morgan fingerprint density at radius 1 is 1.29 bits per heavy atom. The first-order valence-corrected chi connectivity index (χ1v) is 8.87. The number of nitrogens with zero attached hydrogens (tertiary/aromatic N) is 1. The summed E-state index contributed by atoms with van der Waals surface area (Å²) in [5, 5.41) is 8.01. The molecule has 0 spiro atoms. The van der Waals surface area contributed by atoms with Crippen molar-refractivity contribution in [3.63, 3.8) is 0 Å². The predicted molar refractivity (Wildman–Crippen MR) is 98.0 cm³/mol. The molecule has 0 radical (unpaired) electrons. The number of rotatable bonds is 7. The fraction of sp³-hybridized carbons (Fsp3) is 0.529. The molecule has 1 fully saturated rings. The van der Waals surface area contributed by atoms with Crippen molar-refractivity contribution in [2.45, 2.75) is 19.8 Å². The van der Waals surface area contributed by atoms with Crippen LogP contribution in [0.15, 0.2) is 29.4 Å². The maximum absolute atomic E-state index is 13.0. The highest BCUT2D eigenvalue weighted by molar-refractivity contribution is 7.80. The van der Waals surface area contributed by atoms with Gasteiger partial charge in [0.15, 0.2) is 5.11 Å². The van der Waals surface area contributed by atoms with Gasteiger partial charge in [-0.1, -0.05) is 19.1 Å². The summed E-state index contributed by atoms with van der Waals surface area (Å²) in [7, 11) is 0. The van der Waals surface area contributed by atoms with E-state index in [0.717, 1.165) is 63.5 Å². The monoisotopic (exact) mass is 353 g/mol. The molecule has 1 saturated heterocycles. The molecule has 1 aromatic rings. The van der Waals surface area contributed by atoms with Crippen LogP contribution in [0.1, 0.15) is 25.3 Å². The Kier molecular flexibility index (Phi) is 8.07. The van der Waals surface area contributed by atoms with Crippen molar-refractivity contribution in [1.29, 1.82) is 0 Å². The molecule has 1 aromatic carbocycles. The molecule has 24 heavy (non-hydrogen) atoms. The van der Waals surface area contributed by atoms with E-state index in [1.54, 1.807) is 17.0 Å². The summed E-state index contributed by atoms with van der Waals surface area (Å²) in [6.07, 6.45) is 1.79. The van der Waals surface area contributed by atoms with Gasteiger partial charge in [-0.25, -0.2) is 4.39 Å². The van der Waals surface area contributed by atoms with Crippen molar-refractivity contribution in [3.05, 3.63) is 35.6 Å². The van der Waals surface area contributed by atoms with Crippen molar-refractivity contribution in [1.82, 2.24) is 10.7 Å². The lowest BCUT2D eigenvalue weighted by atomic mass is 10.1. The van der Waals surface area contributed by atoms with Crippen LogP contribution in [0.4, 0.5) is 4.39 Å². The molecule has 0 aliphatic carbocycles. The minimum absolute atomic E-state index is 0.248. The molecule has 7 heteroatoms. The smallest absolute Gasteiger partial charge is 0.186 e. The molecule has 0 amide bonds. The fourth-order valence-corrected chi connectivity index (χ4v) is 2.75. The largest absolute Gasteiger partial charge is 0.370 e. The second-order valence-electron chi connectivity index (χ2n) is 5.75. The van der Waals surface area contributed by atoms with Crippen LogP contribution in [-0.4, -0.2) is 50.2 Å². The summed E-state index contributed by atoms with van der Waals surface area (Å²) in [6.45, 7) is 7.85. The van der Waals surface area contributed by atoms with Gasteiger partial charge in [0.25, 0.3) is 0 Å². The molecule has 132 valence electrons. The van der Waals surface area contributed by atoms with Crippen molar-refractivity contribution < 1.29 is 14.0 Å². The van der Waals surface area contributed by atoms with Crippen LogP contribution in [0, 0.1) is 5.82 Å². The molecule has 0 unspecified atom stereocenters. The first kappa shape index (κ1) is 18.8. The summed E-state index contributed by atoms with van der Waals surface area (Å²) in [4.78, 5) is 1.59. The van der Waals surface area contributed by atoms with Crippen molar-refractivity contribution in [3.8, 4) is 0 Å². The van der Waals surface area contributed by atoms with Crippen molar-refractivity contribution in [2.75, 3.05) is 39.4 Å². The minimum atomic E-state index is -0.248. The fourth-order valence-electron chi connectivity index (χ4n) is 2.60. The zero-order chi connectivity index (χ0) is 17.2. The van der Waals surface area contributed by atoms with Gasteiger partial charge in [-0.2, -0.15) is 5.10 Å². The van der Waals surface area contributed by atoms with Crippen LogP contribution in [0.25, 0.3) is 0 Å². The third-order valence-corrected chi connectivity index (χ3v) is 4.23. The number of quaternary nitrogens is 1. The van der Waals surface area contributed by atoms with Crippen LogP contribution in [0.3, 0.4) is 0 Å².